The zero-order valence-corrected chi connectivity index (χ0v) is 10.4. The molecule has 0 unspecified atom stereocenters. The summed E-state index contributed by atoms with van der Waals surface area (Å²) < 4.78 is 59.9. The average Bonchev–Trinajstić information content (AvgIpc) is 1.97. The molecule has 102 valence electrons. The first-order valence-corrected chi connectivity index (χ1v) is 6.52. The molecule has 4 N–H and O–H groups in total. The van der Waals surface area contributed by atoms with E-state index >= 15 is 0 Å². The van der Waals surface area contributed by atoms with E-state index in [4.69, 9.17) is 11.5 Å². The number of hydrogen-bond acceptors (Lipinski definition) is 4. The molecule has 0 aromatic carbocycles. The molecule has 0 aliphatic rings. The summed E-state index contributed by atoms with van der Waals surface area (Å²) in [5, 5.41) is 0. The molecule has 0 aliphatic carbocycles. The van der Waals surface area contributed by atoms with Gasteiger partial charge in [0.15, 0.2) is 9.84 Å². The second-order valence-corrected chi connectivity index (χ2v) is 6.21. The number of rotatable bonds is 5. The summed E-state index contributed by atoms with van der Waals surface area (Å²) in [5.74, 6) is -1.50. The zero-order valence-electron chi connectivity index (χ0n) is 9.58. The van der Waals surface area contributed by atoms with Gasteiger partial charge >= 0.3 is 6.18 Å². The molecule has 0 saturated heterocycles. The Morgan fingerprint density at radius 1 is 1.35 bits per heavy atom. The molecule has 0 spiro atoms. The van der Waals surface area contributed by atoms with Crippen LogP contribution in [0, 0.1) is 0 Å². The van der Waals surface area contributed by atoms with Gasteiger partial charge in [0.25, 0.3) is 0 Å². The number of hydrogen-bond donors (Lipinski definition) is 2. The van der Waals surface area contributed by atoms with E-state index in [-0.39, 0.29) is 12.4 Å². The SMILES string of the molecule is CC(N)=NCCS(=O)(=O)C[C@](C)(N)C(F)(F)F. The minimum absolute atomic E-state index is 0.168. The molecule has 1 atom stereocenters. The van der Waals surface area contributed by atoms with Crippen molar-refractivity contribution < 1.29 is 21.6 Å². The van der Waals surface area contributed by atoms with Crippen molar-refractivity contribution in [2.45, 2.75) is 25.6 Å². The predicted octanol–water partition coefficient (Wildman–Crippen LogP) is 0.0580. The number of nitrogens with zero attached hydrogens (tertiary/aromatic N) is 1. The second kappa shape index (κ2) is 5.21. The van der Waals surface area contributed by atoms with Crippen LogP contribution in [0.15, 0.2) is 4.99 Å². The number of nitrogens with two attached hydrogens (primary N) is 2. The topological polar surface area (TPSA) is 98.5 Å². The molecule has 0 aliphatic heterocycles. The van der Waals surface area contributed by atoms with Crippen LogP contribution in [-0.2, 0) is 9.84 Å². The van der Waals surface area contributed by atoms with Gasteiger partial charge < -0.3 is 11.5 Å². The van der Waals surface area contributed by atoms with Crippen LogP contribution in [0.25, 0.3) is 0 Å². The van der Waals surface area contributed by atoms with Crippen LogP contribution >= 0.6 is 0 Å². The van der Waals surface area contributed by atoms with Crippen LogP contribution in [0.5, 0.6) is 0 Å². The Hall–Kier alpha value is -0.830. The van der Waals surface area contributed by atoms with Gasteiger partial charge in [-0.2, -0.15) is 13.2 Å². The fourth-order valence-electron chi connectivity index (χ4n) is 0.972. The van der Waals surface area contributed by atoms with Crippen LogP contribution in [0.3, 0.4) is 0 Å². The van der Waals surface area contributed by atoms with Gasteiger partial charge in [-0.25, -0.2) is 8.42 Å². The third kappa shape index (κ3) is 5.87. The fourth-order valence-corrected chi connectivity index (χ4v) is 2.56. The third-order valence-electron chi connectivity index (χ3n) is 1.93. The first-order chi connectivity index (χ1) is 7.37. The molecular formula is C8H16F3N3O2S. The molecule has 0 rings (SSSR count). The Kier molecular flexibility index (Phi) is 4.96. The maximum Gasteiger partial charge on any atom is 0.407 e. The molecule has 5 nitrogen and oxygen atoms in total. The number of alkyl halides is 3. The lowest BCUT2D eigenvalue weighted by Crippen LogP contribution is -2.55. The summed E-state index contributed by atoms with van der Waals surface area (Å²) >= 11 is 0. The van der Waals surface area contributed by atoms with Crippen LogP contribution in [0.4, 0.5) is 13.2 Å². The molecule has 0 amide bonds. The largest absolute Gasteiger partial charge is 0.407 e. The standard InChI is InChI=1S/C8H16F3N3O2S/c1-6(12)14-3-4-17(15,16)5-7(2,13)8(9,10)11/h3-5,13H2,1-2H3,(H2,12,14)/t7-/m0/s1. The summed E-state index contributed by atoms with van der Waals surface area (Å²) in [7, 11) is -3.93. The Balaban J connectivity index is 4.62. The highest BCUT2D eigenvalue weighted by Gasteiger charge is 2.50. The Morgan fingerprint density at radius 3 is 2.18 bits per heavy atom. The first kappa shape index (κ1) is 16.2. The molecule has 0 aromatic rings. The van der Waals surface area contributed by atoms with E-state index < -0.39 is 33.1 Å². The molecule has 9 heteroatoms. The van der Waals surface area contributed by atoms with Crippen molar-refractivity contribution in [1.82, 2.24) is 0 Å². The van der Waals surface area contributed by atoms with Gasteiger partial charge in [0, 0.05) is 0 Å². The lowest BCUT2D eigenvalue weighted by molar-refractivity contribution is -0.174. The first-order valence-electron chi connectivity index (χ1n) is 4.70. The summed E-state index contributed by atoms with van der Waals surface area (Å²) in [5.41, 5.74) is 7.36. The number of aliphatic imine (C=N–C) groups is 1. The van der Waals surface area contributed by atoms with Gasteiger partial charge in [0.05, 0.1) is 23.9 Å². The van der Waals surface area contributed by atoms with Crippen molar-refractivity contribution in [2.24, 2.45) is 16.5 Å². The van der Waals surface area contributed by atoms with Crippen molar-refractivity contribution in [2.75, 3.05) is 18.1 Å². The Bertz CT molecular complexity index is 383. The Morgan fingerprint density at radius 2 is 1.82 bits per heavy atom. The van der Waals surface area contributed by atoms with E-state index in [1.807, 2.05) is 0 Å². The summed E-state index contributed by atoms with van der Waals surface area (Å²) in [4.78, 5) is 3.60. The van der Waals surface area contributed by atoms with E-state index in [1.54, 1.807) is 0 Å². The molecule has 0 heterocycles. The highest BCUT2D eigenvalue weighted by atomic mass is 32.2. The summed E-state index contributed by atoms with van der Waals surface area (Å²) in [6.07, 6.45) is -4.77. The minimum Gasteiger partial charge on any atom is -0.388 e. The molecule has 0 radical (unpaired) electrons. The molecular weight excluding hydrogens is 259 g/mol. The van der Waals surface area contributed by atoms with Crippen LogP contribution in [-0.4, -0.2) is 44.0 Å². The van der Waals surface area contributed by atoms with E-state index in [9.17, 15) is 21.6 Å². The van der Waals surface area contributed by atoms with Crippen molar-refractivity contribution in [1.29, 1.82) is 0 Å². The lowest BCUT2D eigenvalue weighted by Gasteiger charge is -2.26. The minimum atomic E-state index is -4.77. The van der Waals surface area contributed by atoms with Crippen molar-refractivity contribution in [3.05, 3.63) is 0 Å². The zero-order chi connectivity index (χ0) is 13.9. The highest BCUT2D eigenvalue weighted by molar-refractivity contribution is 7.91. The van der Waals surface area contributed by atoms with E-state index in [0.29, 0.717) is 6.92 Å². The molecule has 0 aromatic heterocycles. The second-order valence-electron chi connectivity index (χ2n) is 4.03. The fraction of sp³-hybridized carbons (Fsp3) is 0.875. The number of amidine groups is 1. The van der Waals surface area contributed by atoms with Gasteiger partial charge in [-0.3, -0.25) is 4.99 Å². The third-order valence-corrected chi connectivity index (χ3v) is 3.77. The summed E-state index contributed by atoms with van der Waals surface area (Å²) in [6.45, 7) is 1.93. The maximum atomic E-state index is 12.4. The number of halogens is 3. The lowest BCUT2D eigenvalue weighted by atomic mass is 10.1. The van der Waals surface area contributed by atoms with E-state index in [0.717, 1.165) is 0 Å². The van der Waals surface area contributed by atoms with Gasteiger partial charge in [0.2, 0.25) is 0 Å². The van der Waals surface area contributed by atoms with Crippen molar-refractivity contribution in [3.8, 4) is 0 Å². The monoisotopic (exact) mass is 275 g/mol. The smallest absolute Gasteiger partial charge is 0.388 e. The molecule has 0 saturated carbocycles. The average molecular weight is 275 g/mol. The summed E-state index contributed by atoms with van der Waals surface area (Å²) in [6, 6.07) is 0. The molecule has 17 heavy (non-hydrogen) atoms. The number of sulfone groups is 1. The van der Waals surface area contributed by atoms with Crippen molar-refractivity contribution in [3.63, 3.8) is 0 Å². The highest BCUT2D eigenvalue weighted by Crippen LogP contribution is 2.29. The van der Waals surface area contributed by atoms with Crippen LogP contribution in [0.1, 0.15) is 13.8 Å². The Labute approximate surface area is 98.0 Å². The van der Waals surface area contributed by atoms with Gasteiger partial charge in [-0.1, -0.05) is 0 Å². The predicted molar refractivity (Wildman–Crippen MR) is 59.5 cm³/mol. The molecule has 0 bridgehead atoms. The van der Waals surface area contributed by atoms with Gasteiger partial charge in [-0.15, -0.1) is 0 Å². The maximum absolute atomic E-state index is 12.4. The van der Waals surface area contributed by atoms with Gasteiger partial charge in [-0.05, 0) is 13.8 Å². The van der Waals surface area contributed by atoms with E-state index in [2.05, 4.69) is 4.99 Å². The van der Waals surface area contributed by atoms with E-state index in [1.165, 1.54) is 6.92 Å². The van der Waals surface area contributed by atoms with Crippen molar-refractivity contribution >= 4 is 15.7 Å². The molecule has 0 fully saturated rings. The normalized spacial score (nSPS) is 17.9. The quantitative estimate of drug-likeness (QED) is 0.547. The van der Waals surface area contributed by atoms with Crippen LogP contribution < -0.4 is 11.5 Å². The van der Waals surface area contributed by atoms with Gasteiger partial charge in [0.1, 0.15) is 5.54 Å². The van der Waals surface area contributed by atoms with Crippen LogP contribution in [0.2, 0.25) is 0 Å².